The van der Waals surface area contributed by atoms with Crippen molar-refractivity contribution < 1.29 is 14.3 Å². The van der Waals surface area contributed by atoms with Crippen molar-refractivity contribution in [3.8, 4) is 5.75 Å². The molecule has 0 saturated heterocycles. The SMILES string of the molecule is COc1ccccc1C(=O)CSc1ccc(NC(=O)C2CC2)cc1. The zero-order chi connectivity index (χ0) is 16.9. The highest BCUT2D eigenvalue weighted by atomic mass is 32.2. The van der Waals surface area contributed by atoms with E-state index in [0.717, 1.165) is 23.4 Å². The molecule has 3 rings (SSSR count). The maximum Gasteiger partial charge on any atom is 0.227 e. The zero-order valence-electron chi connectivity index (χ0n) is 13.5. The third kappa shape index (κ3) is 4.17. The Morgan fingerprint density at radius 1 is 1.12 bits per heavy atom. The van der Waals surface area contributed by atoms with Crippen molar-refractivity contribution in [2.45, 2.75) is 17.7 Å². The molecule has 5 heteroatoms. The van der Waals surface area contributed by atoms with E-state index < -0.39 is 0 Å². The first-order chi connectivity index (χ1) is 11.7. The molecule has 1 amide bonds. The molecular formula is C19H19NO3S. The summed E-state index contributed by atoms with van der Waals surface area (Å²) in [6.07, 6.45) is 1.98. The van der Waals surface area contributed by atoms with Crippen LogP contribution in [0.3, 0.4) is 0 Å². The Kier molecular flexibility index (Phi) is 5.20. The van der Waals surface area contributed by atoms with Gasteiger partial charge in [-0.25, -0.2) is 0 Å². The summed E-state index contributed by atoms with van der Waals surface area (Å²) in [5.74, 6) is 1.26. The van der Waals surface area contributed by atoms with Crippen molar-refractivity contribution in [3.63, 3.8) is 0 Å². The predicted molar refractivity (Wildman–Crippen MR) is 95.8 cm³/mol. The highest BCUT2D eigenvalue weighted by molar-refractivity contribution is 8.00. The van der Waals surface area contributed by atoms with Crippen LogP contribution < -0.4 is 10.1 Å². The number of thioether (sulfide) groups is 1. The first-order valence-electron chi connectivity index (χ1n) is 7.87. The lowest BCUT2D eigenvalue weighted by atomic mass is 10.1. The summed E-state index contributed by atoms with van der Waals surface area (Å²) in [4.78, 5) is 25.0. The van der Waals surface area contributed by atoms with Gasteiger partial charge in [-0.1, -0.05) is 12.1 Å². The molecule has 0 radical (unpaired) electrons. The highest BCUT2D eigenvalue weighted by Gasteiger charge is 2.29. The molecule has 1 saturated carbocycles. The molecule has 0 aliphatic heterocycles. The Morgan fingerprint density at radius 2 is 1.83 bits per heavy atom. The van der Waals surface area contributed by atoms with Crippen LogP contribution >= 0.6 is 11.8 Å². The summed E-state index contributed by atoms with van der Waals surface area (Å²) in [5, 5.41) is 2.91. The number of benzene rings is 2. The fourth-order valence-corrected chi connectivity index (χ4v) is 3.11. The summed E-state index contributed by atoms with van der Waals surface area (Å²) in [6, 6.07) is 14.8. The molecular weight excluding hydrogens is 322 g/mol. The van der Waals surface area contributed by atoms with Crippen LogP contribution in [0.1, 0.15) is 23.2 Å². The van der Waals surface area contributed by atoms with Crippen molar-refractivity contribution in [2.24, 2.45) is 5.92 Å². The number of para-hydroxylation sites is 1. The van der Waals surface area contributed by atoms with E-state index in [-0.39, 0.29) is 17.6 Å². The fraction of sp³-hybridized carbons (Fsp3) is 0.263. The summed E-state index contributed by atoms with van der Waals surface area (Å²) >= 11 is 1.47. The van der Waals surface area contributed by atoms with Gasteiger partial charge in [-0.2, -0.15) is 0 Å². The minimum absolute atomic E-state index is 0.0311. The lowest BCUT2D eigenvalue weighted by molar-refractivity contribution is -0.117. The van der Waals surface area contributed by atoms with E-state index in [1.54, 1.807) is 19.2 Å². The second-order valence-corrected chi connectivity index (χ2v) is 6.75. The number of methoxy groups -OCH3 is 1. The third-order valence-electron chi connectivity index (χ3n) is 3.85. The van der Waals surface area contributed by atoms with Crippen LogP contribution in [-0.2, 0) is 4.79 Å². The molecule has 4 nitrogen and oxygen atoms in total. The van der Waals surface area contributed by atoms with Gasteiger partial charge in [0.2, 0.25) is 5.91 Å². The molecule has 0 heterocycles. The van der Waals surface area contributed by atoms with Gasteiger partial charge >= 0.3 is 0 Å². The summed E-state index contributed by atoms with van der Waals surface area (Å²) in [5.41, 5.74) is 1.40. The van der Waals surface area contributed by atoms with Gasteiger partial charge in [0.1, 0.15) is 5.75 Å². The lowest BCUT2D eigenvalue weighted by Gasteiger charge is -2.08. The van der Waals surface area contributed by atoms with Crippen LogP contribution in [0.4, 0.5) is 5.69 Å². The first kappa shape index (κ1) is 16.6. The van der Waals surface area contributed by atoms with Gasteiger partial charge in [0.15, 0.2) is 5.78 Å². The van der Waals surface area contributed by atoms with Gasteiger partial charge in [-0.05, 0) is 49.2 Å². The van der Waals surface area contributed by atoms with Gasteiger partial charge in [0, 0.05) is 16.5 Å². The minimum Gasteiger partial charge on any atom is -0.496 e. The minimum atomic E-state index is 0.0311. The van der Waals surface area contributed by atoms with E-state index in [1.807, 2.05) is 36.4 Å². The van der Waals surface area contributed by atoms with Gasteiger partial charge in [0.25, 0.3) is 0 Å². The molecule has 0 spiro atoms. The van der Waals surface area contributed by atoms with Crippen molar-refractivity contribution in [3.05, 3.63) is 54.1 Å². The Hall–Kier alpha value is -2.27. The summed E-state index contributed by atoms with van der Waals surface area (Å²) < 4.78 is 5.23. The van der Waals surface area contributed by atoms with Gasteiger partial charge in [-0.3, -0.25) is 9.59 Å². The molecule has 1 fully saturated rings. The maximum absolute atomic E-state index is 12.3. The number of rotatable bonds is 7. The molecule has 24 heavy (non-hydrogen) atoms. The number of ketones is 1. The first-order valence-corrected chi connectivity index (χ1v) is 8.86. The Bertz CT molecular complexity index is 739. The molecule has 2 aromatic rings. The molecule has 1 aliphatic carbocycles. The van der Waals surface area contributed by atoms with Crippen molar-refractivity contribution in [1.29, 1.82) is 0 Å². The van der Waals surface area contributed by atoms with E-state index >= 15 is 0 Å². The number of Topliss-reactive ketones (excluding diaryl/α,β-unsaturated/α-hetero) is 1. The van der Waals surface area contributed by atoms with Gasteiger partial charge in [-0.15, -0.1) is 11.8 Å². The number of amides is 1. The maximum atomic E-state index is 12.3. The smallest absolute Gasteiger partial charge is 0.227 e. The van der Waals surface area contributed by atoms with E-state index in [9.17, 15) is 9.59 Å². The van der Waals surface area contributed by atoms with Crippen LogP contribution in [0, 0.1) is 5.92 Å². The molecule has 0 aromatic heterocycles. The second-order valence-electron chi connectivity index (χ2n) is 5.70. The topological polar surface area (TPSA) is 55.4 Å². The number of hydrogen-bond donors (Lipinski definition) is 1. The number of carbonyl (C=O) groups excluding carboxylic acids is 2. The van der Waals surface area contributed by atoms with E-state index in [1.165, 1.54) is 11.8 Å². The van der Waals surface area contributed by atoms with Crippen molar-refractivity contribution in [1.82, 2.24) is 0 Å². The van der Waals surface area contributed by atoms with E-state index in [4.69, 9.17) is 4.74 Å². The fourth-order valence-electron chi connectivity index (χ4n) is 2.33. The van der Waals surface area contributed by atoms with Gasteiger partial charge in [0.05, 0.1) is 18.4 Å². The molecule has 2 aromatic carbocycles. The predicted octanol–water partition coefficient (Wildman–Crippen LogP) is 4.02. The van der Waals surface area contributed by atoms with E-state index in [0.29, 0.717) is 17.1 Å². The molecule has 1 aliphatic rings. The Morgan fingerprint density at radius 3 is 2.50 bits per heavy atom. The lowest BCUT2D eigenvalue weighted by Crippen LogP contribution is -2.13. The average molecular weight is 341 g/mol. The monoisotopic (exact) mass is 341 g/mol. The molecule has 0 bridgehead atoms. The standard InChI is InChI=1S/C19H19NO3S/c1-23-18-5-3-2-4-16(18)17(21)12-24-15-10-8-14(9-11-15)20-19(22)13-6-7-13/h2-5,8-11,13H,6-7,12H2,1H3,(H,20,22). The van der Waals surface area contributed by atoms with Crippen molar-refractivity contribution >= 4 is 29.1 Å². The van der Waals surface area contributed by atoms with Crippen LogP contribution in [0.2, 0.25) is 0 Å². The molecule has 0 atom stereocenters. The quantitative estimate of drug-likeness (QED) is 0.610. The third-order valence-corrected chi connectivity index (χ3v) is 4.86. The summed E-state index contributed by atoms with van der Waals surface area (Å²) in [7, 11) is 1.56. The number of nitrogens with one attached hydrogen (secondary N) is 1. The average Bonchev–Trinajstić information content (AvgIpc) is 3.46. The molecule has 0 unspecified atom stereocenters. The number of anilines is 1. The zero-order valence-corrected chi connectivity index (χ0v) is 14.3. The van der Waals surface area contributed by atoms with Gasteiger partial charge < -0.3 is 10.1 Å². The highest BCUT2D eigenvalue weighted by Crippen LogP contribution is 2.30. The number of ether oxygens (including phenoxy) is 1. The largest absolute Gasteiger partial charge is 0.496 e. The van der Waals surface area contributed by atoms with E-state index in [2.05, 4.69) is 5.32 Å². The van der Waals surface area contributed by atoms with Crippen LogP contribution in [0.5, 0.6) is 5.75 Å². The van der Waals surface area contributed by atoms with Crippen LogP contribution in [-0.4, -0.2) is 24.6 Å². The molecule has 124 valence electrons. The molecule has 1 N–H and O–H groups in total. The Labute approximate surface area is 145 Å². The number of hydrogen-bond acceptors (Lipinski definition) is 4. The normalized spacial score (nSPS) is 13.4. The second kappa shape index (κ2) is 7.53. The Balaban J connectivity index is 1.56. The summed E-state index contributed by atoms with van der Waals surface area (Å²) in [6.45, 7) is 0. The van der Waals surface area contributed by atoms with Crippen LogP contribution in [0.25, 0.3) is 0 Å². The van der Waals surface area contributed by atoms with Crippen molar-refractivity contribution in [2.75, 3.05) is 18.2 Å². The number of carbonyl (C=O) groups is 2. The van der Waals surface area contributed by atoms with Crippen LogP contribution in [0.15, 0.2) is 53.4 Å².